The van der Waals surface area contributed by atoms with Crippen LogP contribution in [0.3, 0.4) is 0 Å². The molecule has 26 heavy (non-hydrogen) atoms. The molecule has 0 radical (unpaired) electrons. The molecule has 5 nitrogen and oxygen atoms in total. The van der Waals surface area contributed by atoms with E-state index in [-0.39, 0.29) is 24.5 Å². The van der Waals surface area contributed by atoms with E-state index in [1.165, 1.54) is 0 Å². The fraction of sp³-hybridized carbons (Fsp3) is 0.222. The molecule has 4 rings (SSSR count). The highest BCUT2D eigenvalue weighted by molar-refractivity contribution is 6.35. The van der Waals surface area contributed by atoms with Gasteiger partial charge in [0.1, 0.15) is 11.6 Å². The summed E-state index contributed by atoms with van der Waals surface area (Å²) in [4.78, 5) is 16.7. The van der Waals surface area contributed by atoms with Gasteiger partial charge in [-0.3, -0.25) is 0 Å². The molecule has 3 aromatic rings. The summed E-state index contributed by atoms with van der Waals surface area (Å²) in [5, 5.41) is 4.16. The molecule has 1 aliphatic rings. The maximum atomic E-state index is 12.3. The molecule has 1 fully saturated rings. The van der Waals surface area contributed by atoms with Gasteiger partial charge in [-0.25, -0.2) is 9.78 Å². The number of oxazole rings is 1. The van der Waals surface area contributed by atoms with Crippen molar-refractivity contribution in [2.75, 3.05) is 13.1 Å². The zero-order chi connectivity index (χ0) is 17.4. The Morgan fingerprint density at radius 1 is 1.19 bits per heavy atom. The third kappa shape index (κ3) is 3.96. The van der Waals surface area contributed by atoms with E-state index in [4.69, 9.17) is 32.4 Å². The minimum absolute atomic E-state index is 0. The molecule has 1 atom stereocenters. The third-order valence-corrected chi connectivity index (χ3v) is 4.46. The van der Waals surface area contributed by atoms with Crippen LogP contribution in [0.2, 0.25) is 10.0 Å². The molecule has 136 valence electrons. The molecule has 1 unspecified atom stereocenters. The van der Waals surface area contributed by atoms with Crippen LogP contribution in [0.1, 0.15) is 16.8 Å². The number of halogens is 3. The fourth-order valence-corrected chi connectivity index (χ4v) is 3.33. The normalized spacial score (nSPS) is 16.5. The molecule has 1 aliphatic heterocycles. The van der Waals surface area contributed by atoms with E-state index in [1.54, 1.807) is 36.4 Å². The summed E-state index contributed by atoms with van der Waals surface area (Å²) < 4.78 is 11.2. The number of aromatic nitrogens is 1. The highest BCUT2D eigenvalue weighted by Gasteiger charge is 2.20. The summed E-state index contributed by atoms with van der Waals surface area (Å²) >= 11 is 12.1. The van der Waals surface area contributed by atoms with Gasteiger partial charge in [-0.2, -0.15) is 0 Å². The highest BCUT2D eigenvalue weighted by Crippen LogP contribution is 2.29. The predicted molar refractivity (Wildman–Crippen MR) is 103 cm³/mol. The van der Waals surface area contributed by atoms with Gasteiger partial charge in [0.15, 0.2) is 5.58 Å². The van der Waals surface area contributed by atoms with Crippen LogP contribution in [-0.4, -0.2) is 30.1 Å². The van der Waals surface area contributed by atoms with Crippen molar-refractivity contribution in [2.45, 2.75) is 12.5 Å². The van der Waals surface area contributed by atoms with Gasteiger partial charge in [-0.1, -0.05) is 23.2 Å². The van der Waals surface area contributed by atoms with Crippen LogP contribution >= 0.6 is 35.6 Å². The summed E-state index contributed by atoms with van der Waals surface area (Å²) in [6.45, 7) is 1.56. The maximum Gasteiger partial charge on any atom is 0.338 e. The minimum Gasteiger partial charge on any atom is -0.457 e. The van der Waals surface area contributed by atoms with Gasteiger partial charge in [0, 0.05) is 22.2 Å². The summed E-state index contributed by atoms with van der Waals surface area (Å²) in [5.41, 5.74) is 2.26. The highest BCUT2D eigenvalue weighted by atomic mass is 35.5. The molecule has 8 heteroatoms. The first-order valence-electron chi connectivity index (χ1n) is 7.87. The summed E-state index contributed by atoms with van der Waals surface area (Å²) in [6.07, 6.45) is 0.748. The molecule has 0 spiro atoms. The first-order valence-corrected chi connectivity index (χ1v) is 8.63. The topological polar surface area (TPSA) is 64.4 Å². The van der Waals surface area contributed by atoms with Gasteiger partial charge >= 0.3 is 5.97 Å². The second-order valence-corrected chi connectivity index (χ2v) is 6.75. The average Bonchev–Trinajstić information content (AvgIpc) is 3.22. The van der Waals surface area contributed by atoms with E-state index in [2.05, 4.69) is 10.3 Å². The molecular weight excluding hydrogens is 399 g/mol. The molecular formula is C18H15Cl3N2O3. The molecule has 1 aromatic heterocycles. The lowest BCUT2D eigenvalue weighted by molar-refractivity contribution is 0.0344. The van der Waals surface area contributed by atoms with Gasteiger partial charge < -0.3 is 14.5 Å². The zero-order valence-electron chi connectivity index (χ0n) is 13.5. The van der Waals surface area contributed by atoms with Crippen LogP contribution in [0.5, 0.6) is 0 Å². The van der Waals surface area contributed by atoms with Crippen molar-refractivity contribution in [3.63, 3.8) is 0 Å². The summed E-state index contributed by atoms with van der Waals surface area (Å²) in [7, 11) is 0. The number of esters is 1. The smallest absolute Gasteiger partial charge is 0.338 e. The number of hydrogen-bond acceptors (Lipinski definition) is 5. The maximum absolute atomic E-state index is 12.3. The molecule has 1 N–H and O–H groups in total. The van der Waals surface area contributed by atoms with Crippen molar-refractivity contribution in [2.24, 2.45) is 0 Å². The number of carbonyl (C=O) groups is 1. The molecule has 2 aromatic carbocycles. The molecule has 0 bridgehead atoms. The first kappa shape index (κ1) is 19.0. The Kier molecular flexibility index (Phi) is 5.73. The van der Waals surface area contributed by atoms with E-state index in [9.17, 15) is 4.79 Å². The number of nitrogens with one attached hydrogen (secondary N) is 1. The van der Waals surface area contributed by atoms with Gasteiger partial charge in [-0.05, 0) is 49.4 Å². The number of carbonyl (C=O) groups excluding carboxylic acids is 1. The second kappa shape index (κ2) is 7.84. The first-order chi connectivity index (χ1) is 12.1. The molecule has 2 heterocycles. The number of fused-ring (bicyclic) bond motifs is 1. The van der Waals surface area contributed by atoms with Crippen LogP contribution in [0.25, 0.3) is 22.6 Å². The average molecular weight is 414 g/mol. The summed E-state index contributed by atoms with van der Waals surface area (Å²) in [5.74, 6) is 0.0317. The largest absolute Gasteiger partial charge is 0.457 e. The second-order valence-electron chi connectivity index (χ2n) is 5.88. The van der Waals surface area contributed by atoms with E-state index in [0.29, 0.717) is 44.7 Å². The van der Waals surface area contributed by atoms with E-state index in [0.717, 1.165) is 13.0 Å². The van der Waals surface area contributed by atoms with Crippen LogP contribution in [-0.2, 0) is 4.74 Å². The molecule has 1 saturated heterocycles. The Hall–Kier alpha value is -1.79. The van der Waals surface area contributed by atoms with Gasteiger partial charge in [0.2, 0.25) is 5.89 Å². The van der Waals surface area contributed by atoms with Crippen molar-refractivity contribution in [3.8, 4) is 11.5 Å². The van der Waals surface area contributed by atoms with Crippen LogP contribution in [0.4, 0.5) is 0 Å². The van der Waals surface area contributed by atoms with Crippen LogP contribution in [0, 0.1) is 0 Å². The lowest BCUT2D eigenvalue weighted by Crippen LogP contribution is -2.20. The van der Waals surface area contributed by atoms with Crippen molar-refractivity contribution in [3.05, 3.63) is 52.0 Å². The standard InChI is InChI=1S/C18H14Cl2N2O3.ClH/c19-12-5-11(6-13(20)8-12)17-22-15-2-1-10(7-16(15)25-17)18(23)24-14-3-4-21-9-14;/h1-2,5-8,14,21H,3-4,9H2;1H. The van der Waals surface area contributed by atoms with Crippen molar-refractivity contribution in [1.29, 1.82) is 0 Å². The van der Waals surface area contributed by atoms with Gasteiger partial charge in [0.25, 0.3) is 0 Å². The third-order valence-electron chi connectivity index (χ3n) is 4.02. The lowest BCUT2D eigenvalue weighted by atomic mass is 10.2. The number of rotatable bonds is 3. The number of ether oxygens (including phenoxy) is 1. The number of nitrogens with zero attached hydrogens (tertiary/aromatic N) is 1. The number of hydrogen-bond donors (Lipinski definition) is 1. The molecule has 0 saturated carbocycles. The van der Waals surface area contributed by atoms with E-state index >= 15 is 0 Å². The molecule has 0 amide bonds. The Labute approximate surface area is 166 Å². The van der Waals surface area contributed by atoms with Crippen LogP contribution < -0.4 is 5.32 Å². The monoisotopic (exact) mass is 412 g/mol. The minimum atomic E-state index is -0.362. The van der Waals surface area contributed by atoms with Gasteiger partial charge in [0.05, 0.1) is 5.56 Å². The lowest BCUT2D eigenvalue weighted by Gasteiger charge is -2.10. The Morgan fingerprint density at radius 2 is 1.96 bits per heavy atom. The van der Waals surface area contributed by atoms with Crippen LogP contribution in [0.15, 0.2) is 40.8 Å². The van der Waals surface area contributed by atoms with Gasteiger partial charge in [-0.15, -0.1) is 12.4 Å². The SMILES string of the molecule is Cl.O=C(OC1CCNC1)c1ccc2nc(-c3cc(Cl)cc(Cl)c3)oc2c1. The Balaban J connectivity index is 0.00000196. The fourth-order valence-electron chi connectivity index (χ4n) is 2.80. The Bertz CT molecular complexity index is 932. The number of benzene rings is 2. The van der Waals surface area contributed by atoms with E-state index < -0.39 is 0 Å². The van der Waals surface area contributed by atoms with Crippen molar-refractivity contribution >= 4 is 52.7 Å². The zero-order valence-corrected chi connectivity index (χ0v) is 15.8. The van der Waals surface area contributed by atoms with Crippen molar-refractivity contribution < 1.29 is 13.9 Å². The van der Waals surface area contributed by atoms with Crippen molar-refractivity contribution in [1.82, 2.24) is 10.3 Å². The summed E-state index contributed by atoms with van der Waals surface area (Å²) in [6, 6.07) is 10.1. The Morgan fingerprint density at radius 3 is 2.65 bits per heavy atom. The predicted octanol–water partition coefficient (Wildman–Crippen LogP) is 4.74. The quantitative estimate of drug-likeness (QED) is 0.628. The molecule has 0 aliphatic carbocycles. The van der Waals surface area contributed by atoms with E-state index in [1.807, 2.05) is 0 Å².